The van der Waals surface area contributed by atoms with Crippen molar-refractivity contribution in [3.8, 4) is 23.3 Å². The lowest BCUT2D eigenvalue weighted by molar-refractivity contribution is -0.134. The molecule has 1 atom stereocenters. The second-order valence-electron chi connectivity index (χ2n) is 16.3. The number of hydrogen-bond acceptors (Lipinski definition) is 14. The third-order valence-electron chi connectivity index (χ3n) is 12.0. The molecule has 5 aromatic rings. The topological polar surface area (TPSA) is 228 Å². The number of benzene rings is 3. The summed E-state index contributed by atoms with van der Waals surface area (Å²) >= 11 is 0. The zero-order valence-corrected chi connectivity index (χ0v) is 36.9. The summed E-state index contributed by atoms with van der Waals surface area (Å²) in [5, 5.41) is 15.2. The second kappa shape index (κ2) is 19.7. The molecule has 0 radical (unpaired) electrons. The Bertz CT molecular complexity index is 2920. The van der Waals surface area contributed by atoms with E-state index < -0.39 is 58.1 Å². The molecule has 3 aromatic carbocycles. The molecule has 0 saturated carbocycles. The summed E-state index contributed by atoms with van der Waals surface area (Å²) in [4.78, 5) is 69.8. The molecular formula is C44H45F3N12O7S. The number of fused-ring (bicyclic) bond motifs is 1. The number of nitriles is 1. The fraction of sp³-hybridized carbons (Fsp3) is 0.364. The number of carbonyl (C=O) groups excluding carboxylic acids is 3. The first-order valence-electron chi connectivity index (χ1n) is 21.4. The van der Waals surface area contributed by atoms with Gasteiger partial charge in [0.05, 0.1) is 41.2 Å². The van der Waals surface area contributed by atoms with E-state index >= 15 is 8.78 Å². The van der Waals surface area contributed by atoms with Gasteiger partial charge in [-0.25, -0.2) is 28.1 Å². The van der Waals surface area contributed by atoms with Gasteiger partial charge in [0.2, 0.25) is 23.7 Å². The Labute approximate surface area is 382 Å². The number of amides is 3. The van der Waals surface area contributed by atoms with Gasteiger partial charge in [0.25, 0.3) is 5.56 Å². The van der Waals surface area contributed by atoms with Crippen LogP contribution in [0, 0.1) is 23.0 Å². The zero-order valence-electron chi connectivity index (χ0n) is 36.1. The Morgan fingerprint density at radius 2 is 1.70 bits per heavy atom. The number of alkyl halides is 1. The Hall–Kier alpha value is -7.16. The van der Waals surface area contributed by atoms with Crippen LogP contribution in [-0.2, 0) is 24.6 Å². The van der Waals surface area contributed by atoms with Crippen LogP contribution in [-0.4, -0.2) is 132 Å². The predicted octanol–water partition coefficient (Wildman–Crippen LogP) is 3.42. The van der Waals surface area contributed by atoms with Gasteiger partial charge in [-0.1, -0.05) is 6.07 Å². The molecule has 3 N–H and O–H groups in total. The van der Waals surface area contributed by atoms with Gasteiger partial charge in [-0.05, 0) is 86.3 Å². The zero-order chi connectivity index (χ0) is 47.4. The first-order valence-corrected chi connectivity index (χ1v) is 22.8. The van der Waals surface area contributed by atoms with Gasteiger partial charge in [0, 0.05) is 51.9 Å². The van der Waals surface area contributed by atoms with E-state index in [9.17, 15) is 37.2 Å². The monoisotopic (exact) mass is 942 g/mol. The van der Waals surface area contributed by atoms with Crippen LogP contribution < -0.4 is 30.6 Å². The third kappa shape index (κ3) is 10.3. The average Bonchev–Trinajstić information content (AvgIpc) is 3.32. The molecule has 0 bridgehead atoms. The first kappa shape index (κ1) is 46.4. The van der Waals surface area contributed by atoms with Gasteiger partial charge in [-0.2, -0.15) is 18.0 Å². The van der Waals surface area contributed by atoms with Crippen LogP contribution in [0.3, 0.4) is 0 Å². The molecule has 2 aromatic heterocycles. The highest BCUT2D eigenvalue weighted by atomic mass is 32.2. The van der Waals surface area contributed by atoms with Crippen LogP contribution in [0.5, 0.6) is 11.5 Å². The van der Waals surface area contributed by atoms with Crippen molar-refractivity contribution in [2.45, 2.75) is 37.6 Å². The lowest BCUT2D eigenvalue weighted by Crippen LogP contribution is -2.52. The van der Waals surface area contributed by atoms with Gasteiger partial charge in [0.1, 0.15) is 42.2 Å². The van der Waals surface area contributed by atoms with E-state index in [4.69, 9.17) is 4.74 Å². The minimum absolute atomic E-state index is 0.00707. The summed E-state index contributed by atoms with van der Waals surface area (Å²) in [6, 6.07) is 12.1. The number of piperazine rings is 1. The lowest BCUT2D eigenvalue weighted by Gasteiger charge is -2.37. The number of piperidine rings is 2. The number of imide groups is 1. The molecule has 350 valence electrons. The van der Waals surface area contributed by atoms with Crippen LogP contribution in [0.2, 0.25) is 0 Å². The summed E-state index contributed by atoms with van der Waals surface area (Å²) in [6.07, 6.45) is 6.15. The third-order valence-corrected chi connectivity index (χ3v) is 13.5. The van der Waals surface area contributed by atoms with Crippen molar-refractivity contribution in [1.82, 2.24) is 38.9 Å². The quantitative estimate of drug-likeness (QED) is 0.136. The predicted molar refractivity (Wildman–Crippen MR) is 239 cm³/mol. The molecule has 19 nitrogen and oxygen atoms in total. The molecule has 3 fully saturated rings. The average molecular weight is 943 g/mol. The van der Waals surface area contributed by atoms with Crippen LogP contribution in [0.15, 0.2) is 72.0 Å². The minimum Gasteiger partial charge on any atom is -0.453 e. The maximum atomic E-state index is 15.2. The van der Waals surface area contributed by atoms with Crippen molar-refractivity contribution in [2.75, 3.05) is 81.0 Å². The molecule has 3 saturated heterocycles. The van der Waals surface area contributed by atoms with Gasteiger partial charge >= 0.3 is 10.2 Å². The molecule has 3 amide bonds. The largest absolute Gasteiger partial charge is 0.453 e. The van der Waals surface area contributed by atoms with Crippen LogP contribution >= 0.6 is 0 Å². The smallest absolute Gasteiger partial charge is 0.301 e. The highest BCUT2D eigenvalue weighted by Crippen LogP contribution is 2.35. The summed E-state index contributed by atoms with van der Waals surface area (Å²) in [7, 11) is -3.16. The van der Waals surface area contributed by atoms with E-state index in [1.807, 2.05) is 4.90 Å². The van der Waals surface area contributed by atoms with Crippen LogP contribution in [0.4, 0.5) is 30.5 Å². The van der Waals surface area contributed by atoms with Gasteiger partial charge in [-0.3, -0.25) is 38.7 Å². The summed E-state index contributed by atoms with van der Waals surface area (Å²) in [5.74, 6) is -2.37. The lowest BCUT2D eigenvalue weighted by atomic mass is 9.89. The molecule has 67 heavy (non-hydrogen) atoms. The molecular weight excluding hydrogens is 898 g/mol. The normalized spacial score (nSPS) is 17.3. The molecule has 0 aliphatic carbocycles. The second-order valence-corrected chi connectivity index (χ2v) is 18.1. The van der Waals surface area contributed by atoms with E-state index in [1.54, 1.807) is 23.1 Å². The van der Waals surface area contributed by atoms with E-state index in [0.29, 0.717) is 85.7 Å². The van der Waals surface area contributed by atoms with Crippen molar-refractivity contribution in [3.63, 3.8) is 0 Å². The maximum Gasteiger partial charge on any atom is 0.301 e. The SMILES string of the molecule is CN(CCF)S(=O)(=O)Nc1ccc(F)c(Oc2ccc3ncn(-c4cnc(N5CCN(C(=O)CN6CCC(c7ccc(N[C@@H]8CCC(=O)NC8=O)cc7F)CC6)CC5)nc4)c(=O)c3c2)c1C#N. The van der Waals surface area contributed by atoms with Gasteiger partial charge in [-0.15, -0.1) is 0 Å². The first-order chi connectivity index (χ1) is 32.2. The van der Waals surface area contributed by atoms with Gasteiger partial charge in [0.15, 0.2) is 11.6 Å². The van der Waals surface area contributed by atoms with E-state index in [1.165, 1.54) is 47.6 Å². The number of aromatic nitrogens is 4. The van der Waals surface area contributed by atoms with E-state index in [2.05, 4.69) is 35.2 Å². The highest BCUT2D eigenvalue weighted by molar-refractivity contribution is 7.90. The number of carbonyl (C=O) groups is 3. The van der Waals surface area contributed by atoms with Crippen LogP contribution in [0.1, 0.15) is 42.7 Å². The van der Waals surface area contributed by atoms with E-state index in [-0.39, 0.29) is 58.9 Å². The highest BCUT2D eigenvalue weighted by Gasteiger charge is 2.30. The summed E-state index contributed by atoms with van der Waals surface area (Å²) in [6.45, 7) is 1.94. The number of likely N-dealkylation sites (tertiary alicyclic amines) is 1. The van der Waals surface area contributed by atoms with E-state index in [0.717, 1.165) is 19.2 Å². The number of anilines is 3. The van der Waals surface area contributed by atoms with Crippen molar-refractivity contribution in [1.29, 1.82) is 5.26 Å². The number of halogens is 3. The van der Waals surface area contributed by atoms with Crippen molar-refractivity contribution < 1.29 is 40.7 Å². The van der Waals surface area contributed by atoms with Gasteiger partial charge < -0.3 is 19.9 Å². The Morgan fingerprint density at radius 3 is 2.39 bits per heavy atom. The molecule has 3 aliphatic rings. The Morgan fingerprint density at radius 1 is 0.955 bits per heavy atom. The van der Waals surface area contributed by atoms with Crippen molar-refractivity contribution in [2.24, 2.45) is 0 Å². The van der Waals surface area contributed by atoms with Crippen LogP contribution in [0.25, 0.3) is 16.6 Å². The minimum atomic E-state index is -4.29. The fourth-order valence-corrected chi connectivity index (χ4v) is 9.12. The summed E-state index contributed by atoms with van der Waals surface area (Å²) in [5.41, 5.74) is 0.315. The number of rotatable bonds is 14. The number of hydrogen-bond donors (Lipinski definition) is 3. The standard InChI is InChI=1S/C44H45F3N12O7S/c1-55(15-12-45)67(64,65)54-37-7-5-34(46)41(33(37)22-48)66-30-3-6-36-32(21-30)43(63)59(26-51-36)29-23-49-44(50-24-29)58-18-16-57(17-19-58)40(61)25-56-13-10-27(11-14-56)31-4-2-28(20-35(31)47)52-38-8-9-39(60)53-42(38)62/h2-7,20-21,23-24,26-27,38,52,54H,8-19,25H2,1H3,(H,53,60,62)/t38-/m1/s1. The Kier molecular flexibility index (Phi) is 13.7. The molecule has 5 heterocycles. The Balaban J connectivity index is 0.846. The summed E-state index contributed by atoms with van der Waals surface area (Å²) < 4.78 is 78.2. The molecule has 3 aliphatic heterocycles. The maximum absolute atomic E-state index is 15.2. The molecule has 0 unspecified atom stereocenters. The number of nitrogens with zero attached hydrogens (tertiary/aromatic N) is 9. The molecule has 0 spiro atoms. The fourth-order valence-electron chi connectivity index (χ4n) is 8.21. The molecule has 23 heteroatoms. The van der Waals surface area contributed by atoms with Crippen molar-refractivity contribution >= 4 is 56.2 Å². The van der Waals surface area contributed by atoms with Crippen molar-refractivity contribution in [3.05, 3.63) is 100 Å². The molecule has 8 rings (SSSR count). The number of ether oxygens (including phenoxy) is 1. The number of nitrogens with one attached hydrogen (secondary N) is 3.